The first kappa shape index (κ1) is 27.0. The van der Waals surface area contributed by atoms with Crippen molar-refractivity contribution < 1.29 is 24.2 Å². The Balaban J connectivity index is 1.85. The van der Waals surface area contributed by atoms with E-state index in [2.05, 4.69) is 15.7 Å². The number of nitrogens with one attached hydrogen (secondary N) is 2. The van der Waals surface area contributed by atoms with Crippen molar-refractivity contribution in [1.29, 1.82) is 0 Å². The van der Waals surface area contributed by atoms with E-state index < -0.39 is 11.6 Å². The van der Waals surface area contributed by atoms with Gasteiger partial charge in [0.05, 0.1) is 25.5 Å². The number of alkyl carbamates (subject to hydrolysis) is 1. The minimum Gasteiger partial charge on any atom is -0.453 e. The van der Waals surface area contributed by atoms with Crippen LogP contribution in [-0.4, -0.2) is 79.5 Å². The maximum Gasteiger partial charge on any atom is 0.407 e. The summed E-state index contributed by atoms with van der Waals surface area (Å²) in [6, 6.07) is -0.0386. The average Bonchev–Trinajstić information content (AvgIpc) is 3.27. The number of likely N-dealkylation sites (N-methyl/N-ethyl adjacent to an activating group) is 1. The van der Waals surface area contributed by atoms with Crippen LogP contribution >= 0.6 is 0 Å². The van der Waals surface area contributed by atoms with Gasteiger partial charge in [-0.2, -0.15) is 5.10 Å². The number of ether oxygens (including phenoxy) is 2. The molecular weight excluding hydrogens is 450 g/mol. The Morgan fingerprint density at radius 1 is 1.31 bits per heavy atom. The van der Waals surface area contributed by atoms with Gasteiger partial charge in [0.15, 0.2) is 0 Å². The van der Waals surface area contributed by atoms with Crippen molar-refractivity contribution in [3.8, 4) is 0 Å². The third-order valence-corrected chi connectivity index (χ3v) is 7.26. The second-order valence-electron chi connectivity index (χ2n) is 10.4. The SMILES string of the molecule is COCCN(C)c1c(C(=O)N[C@H]2C(CO)CC3CCCC2C3)cnn1/C=C/C(C)(C)NC(=O)OC. The number of carbonyl (C=O) groups is 2. The molecule has 2 aliphatic carbocycles. The molecule has 0 aliphatic heterocycles. The number of fused-ring (bicyclic) bond motifs is 2. The third-order valence-electron chi connectivity index (χ3n) is 7.26. The molecule has 0 spiro atoms. The van der Waals surface area contributed by atoms with Crippen LogP contribution in [0, 0.1) is 17.8 Å². The molecule has 1 aromatic rings. The van der Waals surface area contributed by atoms with Crippen molar-refractivity contribution in [1.82, 2.24) is 20.4 Å². The summed E-state index contributed by atoms with van der Waals surface area (Å²) in [7, 11) is 4.84. The number of carbonyl (C=O) groups excluding carboxylic acids is 2. The van der Waals surface area contributed by atoms with Crippen LogP contribution < -0.4 is 15.5 Å². The fraction of sp³-hybridized carbons (Fsp3) is 0.720. The fourth-order valence-electron chi connectivity index (χ4n) is 5.44. The normalized spacial score (nSPS) is 24.3. The molecule has 3 unspecified atom stereocenters. The van der Waals surface area contributed by atoms with E-state index in [0.29, 0.717) is 36.4 Å². The summed E-state index contributed by atoms with van der Waals surface area (Å²) in [5, 5.41) is 20.5. The predicted octanol–water partition coefficient (Wildman–Crippen LogP) is 2.49. The molecular formula is C25H41N5O5. The third kappa shape index (κ3) is 6.76. The zero-order valence-corrected chi connectivity index (χ0v) is 21.6. The molecule has 2 saturated carbocycles. The van der Waals surface area contributed by atoms with Gasteiger partial charge >= 0.3 is 6.09 Å². The molecule has 2 aliphatic rings. The van der Waals surface area contributed by atoms with Gasteiger partial charge in [-0.25, -0.2) is 9.48 Å². The van der Waals surface area contributed by atoms with Crippen LogP contribution in [-0.2, 0) is 9.47 Å². The van der Waals surface area contributed by atoms with Gasteiger partial charge in [0, 0.05) is 45.5 Å². The van der Waals surface area contributed by atoms with E-state index >= 15 is 0 Å². The summed E-state index contributed by atoms with van der Waals surface area (Å²) >= 11 is 0. The number of rotatable bonds is 10. The van der Waals surface area contributed by atoms with Crippen LogP contribution in [0.25, 0.3) is 6.20 Å². The lowest BCUT2D eigenvalue weighted by Gasteiger charge is -2.45. The van der Waals surface area contributed by atoms with Crippen LogP contribution in [0.1, 0.15) is 56.3 Å². The highest BCUT2D eigenvalue weighted by Crippen LogP contribution is 2.42. The largest absolute Gasteiger partial charge is 0.453 e. The molecule has 2 bridgehead atoms. The van der Waals surface area contributed by atoms with Crippen molar-refractivity contribution in [2.24, 2.45) is 17.8 Å². The van der Waals surface area contributed by atoms with Gasteiger partial charge in [-0.05, 0) is 51.0 Å². The monoisotopic (exact) mass is 491 g/mol. The summed E-state index contributed by atoms with van der Waals surface area (Å²) in [6.45, 7) is 4.80. The minimum absolute atomic E-state index is 0.0386. The summed E-state index contributed by atoms with van der Waals surface area (Å²) in [4.78, 5) is 27.1. The highest BCUT2D eigenvalue weighted by atomic mass is 16.5. The first-order valence-corrected chi connectivity index (χ1v) is 12.4. The van der Waals surface area contributed by atoms with E-state index in [4.69, 9.17) is 9.47 Å². The molecule has 0 aromatic carbocycles. The van der Waals surface area contributed by atoms with Crippen molar-refractivity contribution in [3.05, 3.63) is 17.8 Å². The topological polar surface area (TPSA) is 118 Å². The lowest BCUT2D eigenvalue weighted by Crippen LogP contribution is -2.51. The molecule has 35 heavy (non-hydrogen) atoms. The molecule has 1 heterocycles. The number of amides is 2. The molecule has 1 aromatic heterocycles. The highest BCUT2D eigenvalue weighted by molar-refractivity contribution is 5.99. The van der Waals surface area contributed by atoms with Gasteiger partial charge in [-0.1, -0.05) is 12.8 Å². The second-order valence-corrected chi connectivity index (χ2v) is 10.4. The standard InChI is InChI=1S/C25H41N5O5/c1-25(2,28-24(33)35-5)9-10-30-23(29(3)11-12-34-4)20(15-26-30)22(32)27-21-18-8-6-7-17(13-18)14-19(21)16-31/h9-10,15,17-19,21,31H,6-8,11-14,16H2,1-5H3,(H,27,32)(H,28,33)/b10-9+/t17?,18?,19?,21-/m1/s1. The second kappa shape index (κ2) is 11.9. The number of methoxy groups -OCH3 is 2. The number of anilines is 1. The van der Waals surface area contributed by atoms with Gasteiger partial charge in [0.2, 0.25) is 0 Å². The van der Waals surface area contributed by atoms with E-state index in [0.717, 1.165) is 19.3 Å². The molecule has 2 amide bonds. The molecule has 196 valence electrons. The summed E-state index contributed by atoms with van der Waals surface area (Å²) in [5.74, 6) is 1.58. The molecule has 10 nitrogen and oxygen atoms in total. The fourth-order valence-corrected chi connectivity index (χ4v) is 5.44. The number of hydrogen-bond acceptors (Lipinski definition) is 7. The van der Waals surface area contributed by atoms with Gasteiger partial charge in [-0.15, -0.1) is 0 Å². The number of aliphatic hydroxyl groups is 1. The highest BCUT2D eigenvalue weighted by Gasteiger charge is 2.40. The molecule has 0 saturated heterocycles. The van der Waals surface area contributed by atoms with Crippen molar-refractivity contribution in [2.75, 3.05) is 45.9 Å². The van der Waals surface area contributed by atoms with E-state index in [-0.39, 0.29) is 24.5 Å². The molecule has 3 rings (SSSR count). The van der Waals surface area contributed by atoms with Crippen LogP contribution in [0.15, 0.2) is 12.3 Å². The van der Waals surface area contributed by atoms with Crippen molar-refractivity contribution in [2.45, 2.75) is 57.5 Å². The molecule has 2 fully saturated rings. The zero-order valence-electron chi connectivity index (χ0n) is 21.6. The van der Waals surface area contributed by atoms with Gasteiger partial charge in [0.1, 0.15) is 11.4 Å². The summed E-state index contributed by atoms with van der Waals surface area (Å²) in [6.07, 6.45) is 10.1. The van der Waals surface area contributed by atoms with Crippen LogP contribution in [0.2, 0.25) is 0 Å². The Kier molecular flexibility index (Phi) is 9.18. The Bertz CT molecular complexity index is 897. The maximum atomic E-state index is 13.5. The summed E-state index contributed by atoms with van der Waals surface area (Å²) < 4.78 is 11.6. The van der Waals surface area contributed by atoms with Gasteiger partial charge in [0.25, 0.3) is 5.91 Å². The Hall–Kier alpha value is -2.59. The van der Waals surface area contributed by atoms with Gasteiger partial charge < -0.3 is 30.1 Å². The zero-order chi connectivity index (χ0) is 25.6. The van der Waals surface area contributed by atoms with E-state index in [9.17, 15) is 14.7 Å². The molecule has 10 heteroatoms. The minimum atomic E-state index is -0.697. The number of hydrogen-bond donors (Lipinski definition) is 3. The lowest BCUT2D eigenvalue weighted by molar-refractivity contribution is 0.0476. The number of nitrogens with zero attached hydrogens (tertiary/aromatic N) is 3. The van der Waals surface area contributed by atoms with Crippen molar-refractivity contribution >= 4 is 24.0 Å². The first-order valence-electron chi connectivity index (χ1n) is 12.4. The first-order chi connectivity index (χ1) is 16.7. The maximum absolute atomic E-state index is 13.5. The van der Waals surface area contributed by atoms with E-state index in [1.165, 1.54) is 20.0 Å². The average molecular weight is 492 g/mol. The quantitative estimate of drug-likeness (QED) is 0.460. The van der Waals surface area contributed by atoms with E-state index in [1.807, 2.05) is 25.8 Å². The van der Waals surface area contributed by atoms with Crippen LogP contribution in [0.3, 0.4) is 0 Å². The number of aromatic nitrogens is 2. The molecule has 3 N–H and O–H groups in total. The Morgan fingerprint density at radius 2 is 2.09 bits per heavy atom. The Morgan fingerprint density at radius 3 is 2.77 bits per heavy atom. The molecule has 4 atom stereocenters. The lowest BCUT2D eigenvalue weighted by atomic mass is 9.65. The van der Waals surface area contributed by atoms with Gasteiger partial charge in [-0.3, -0.25) is 4.79 Å². The van der Waals surface area contributed by atoms with Crippen LogP contribution in [0.4, 0.5) is 10.6 Å². The summed E-state index contributed by atoms with van der Waals surface area (Å²) in [5.41, 5.74) is -0.237. The van der Waals surface area contributed by atoms with E-state index in [1.54, 1.807) is 30.3 Å². The predicted molar refractivity (Wildman–Crippen MR) is 134 cm³/mol. The smallest absolute Gasteiger partial charge is 0.407 e. The van der Waals surface area contributed by atoms with Crippen LogP contribution in [0.5, 0.6) is 0 Å². The molecule has 0 radical (unpaired) electrons. The number of aliphatic hydroxyl groups excluding tert-OH is 1. The Labute approximate surface area is 208 Å². The van der Waals surface area contributed by atoms with Crippen molar-refractivity contribution in [3.63, 3.8) is 0 Å².